The van der Waals surface area contributed by atoms with Gasteiger partial charge in [-0.25, -0.2) is 9.50 Å². The summed E-state index contributed by atoms with van der Waals surface area (Å²) in [6.45, 7) is 7.39. The fourth-order valence-corrected chi connectivity index (χ4v) is 4.93. The van der Waals surface area contributed by atoms with Gasteiger partial charge in [-0.3, -0.25) is 14.8 Å². The molecule has 5 rings (SSSR count). The van der Waals surface area contributed by atoms with E-state index in [1.165, 1.54) is 6.33 Å². The quantitative estimate of drug-likeness (QED) is 0.421. The first-order chi connectivity index (χ1) is 17.3. The highest BCUT2D eigenvalue weighted by Crippen LogP contribution is 2.37. The van der Waals surface area contributed by atoms with E-state index >= 15 is 0 Å². The molecule has 1 aromatic carbocycles. The van der Waals surface area contributed by atoms with Gasteiger partial charge < -0.3 is 9.64 Å². The number of ether oxygens (including phenoxy) is 1. The van der Waals surface area contributed by atoms with Crippen LogP contribution in [0.4, 0.5) is 0 Å². The number of fused-ring (bicyclic) bond motifs is 1. The molecule has 3 aromatic heterocycles. The molecule has 1 amide bonds. The van der Waals surface area contributed by atoms with E-state index in [2.05, 4.69) is 65.1 Å². The smallest absolute Gasteiger partial charge is 0.240 e. The number of nitrogens with one attached hydrogen (secondary N) is 1. The van der Waals surface area contributed by atoms with Gasteiger partial charge in [0.1, 0.15) is 6.33 Å². The average molecular weight is 488 g/mol. The maximum Gasteiger partial charge on any atom is 0.240 e. The van der Waals surface area contributed by atoms with Gasteiger partial charge in [0.05, 0.1) is 30.6 Å². The summed E-state index contributed by atoms with van der Waals surface area (Å²) in [6.07, 6.45) is 4.37. The molecule has 0 bridgehead atoms. The summed E-state index contributed by atoms with van der Waals surface area (Å²) in [5, 5.41) is 12.3. The van der Waals surface area contributed by atoms with Gasteiger partial charge in [0, 0.05) is 30.9 Å². The Morgan fingerprint density at radius 1 is 1.19 bits per heavy atom. The molecule has 0 spiro atoms. The molecule has 9 nitrogen and oxygen atoms in total. The van der Waals surface area contributed by atoms with Crippen LogP contribution in [0, 0.1) is 0 Å². The molecule has 9 heteroatoms. The van der Waals surface area contributed by atoms with Gasteiger partial charge in [-0.05, 0) is 43.5 Å². The zero-order chi connectivity index (χ0) is 25.6. The van der Waals surface area contributed by atoms with Crippen molar-refractivity contribution in [3.8, 4) is 28.3 Å². The normalized spacial score (nSPS) is 16.8. The number of hydrogen-bond donors (Lipinski definition) is 1. The first-order valence-electron chi connectivity index (χ1n) is 12.3. The second-order valence-electron chi connectivity index (χ2n) is 9.87. The topological polar surface area (TPSA) is 91.7 Å². The minimum absolute atomic E-state index is 0.00380. The number of H-pyrrole nitrogens is 1. The molecule has 0 unspecified atom stereocenters. The van der Waals surface area contributed by atoms with Crippen LogP contribution in [-0.4, -0.2) is 74.3 Å². The van der Waals surface area contributed by atoms with E-state index < -0.39 is 0 Å². The maximum absolute atomic E-state index is 12.9. The second kappa shape index (κ2) is 9.39. The summed E-state index contributed by atoms with van der Waals surface area (Å²) >= 11 is 0. The Hall–Kier alpha value is -3.72. The fraction of sp³-hybridized carbons (Fsp3) is 0.407. The Labute approximate surface area is 211 Å². The van der Waals surface area contributed by atoms with Crippen LogP contribution in [0.25, 0.3) is 28.2 Å². The molecule has 4 aromatic rings. The number of carbonyl (C=O) groups excluding carboxylic acids is 1. The predicted octanol–water partition coefficient (Wildman–Crippen LogP) is 4.14. The van der Waals surface area contributed by atoms with Crippen LogP contribution in [0.2, 0.25) is 0 Å². The first-order valence-corrected chi connectivity index (χ1v) is 12.3. The average Bonchev–Trinajstić information content (AvgIpc) is 3.53. The van der Waals surface area contributed by atoms with E-state index in [-0.39, 0.29) is 23.9 Å². The number of aromatic amines is 1. The molecule has 1 fully saturated rings. The lowest BCUT2D eigenvalue weighted by molar-refractivity contribution is -0.141. The van der Waals surface area contributed by atoms with E-state index in [1.807, 2.05) is 31.3 Å². The summed E-state index contributed by atoms with van der Waals surface area (Å²) in [4.78, 5) is 21.1. The molecule has 2 atom stereocenters. The summed E-state index contributed by atoms with van der Waals surface area (Å²) in [5.74, 6) is 1.06. The zero-order valence-corrected chi connectivity index (χ0v) is 21.7. The van der Waals surface area contributed by atoms with Crippen molar-refractivity contribution >= 4 is 11.6 Å². The van der Waals surface area contributed by atoms with E-state index in [0.29, 0.717) is 11.4 Å². The zero-order valence-electron chi connectivity index (χ0n) is 21.7. The van der Waals surface area contributed by atoms with E-state index in [4.69, 9.17) is 9.84 Å². The molecular formula is C27H33N7O2. The van der Waals surface area contributed by atoms with Gasteiger partial charge in [0.15, 0.2) is 11.4 Å². The Morgan fingerprint density at radius 2 is 1.94 bits per heavy atom. The number of carbonyl (C=O) groups is 1. The number of pyridine rings is 1. The molecule has 4 heterocycles. The summed E-state index contributed by atoms with van der Waals surface area (Å²) in [5.41, 5.74) is 6.69. The lowest BCUT2D eigenvalue weighted by atomic mass is 9.93. The number of likely N-dealkylation sites (N-methyl/N-ethyl adjacent to an activating group) is 2. The van der Waals surface area contributed by atoms with Crippen molar-refractivity contribution in [3.05, 3.63) is 54.0 Å². The van der Waals surface area contributed by atoms with E-state index in [0.717, 1.165) is 46.6 Å². The highest BCUT2D eigenvalue weighted by Gasteiger charge is 2.34. The predicted molar refractivity (Wildman–Crippen MR) is 139 cm³/mol. The fourth-order valence-electron chi connectivity index (χ4n) is 4.93. The molecule has 1 aliphatic heterocycles. The molecule has 0 saturated carbocycles. The van der Waals surface area contributed by atoms with Crippen molar-refractivity contribution in [2.24, 2.45) is 0 Å². The largest absolute Gasteiger partial charge is 0.493 e. The molecule has 1 aliphatic rings. The van der Waals surface area contributed by atoms with E-state index in [1.54, 1.807) is 11.6 Å². The SMILES string of the molecule is COc1cc(-c2n[nH]c(-c3ccc([C@H](C)N(C)C(=O)[C@@H]4CCN4C)cc3)c2C(C)C)cn2ncnc12. The van der Waals surface area contributed by atoms with Crippen molar-refractivity contribution in [1.82, 2.24) is 34.6 Å². The Bertz CT molecular complexity index is 1390. The van der Waals surface area contributed by atoms with Gasteiger partial charge in [-0.2, -0.15) is 10.2 Å². The third-order valence-corrected chi connectivity index (χ3v) is 7.40. The van der Waals surface area contributed by atoms with Crippen LogP contribution in [0.5, 0.6) is 5.75 Å². The van der Waals surface area contributed by atoms with Crippen LogP contribution < -0.4 is 4.74 Å². The van der Waals surface area contributed by atoms with Crippen molar-refractivity contribution in [3.63, 3.8) is 0 Å². The van der Waals surface area contributed by atoms with Crippen LogP contribution in [-0.2, 0) is 4.79 Å². The molecule has 188 valence electrons. The summed E-state index contributed by atoms with van der Waals surface area (Å²) < 4.78 is 7.26. The number of hydrogen-bond acceptors (Lipinski definition) is 6. The third-order valence-electron chi connectivity index (χ3n) is 7.40. The highest BCUT2D eigenvalue weighted by molar-refractivity contribution is 5.83. The van der Waals surface area contributed by atoms with Crippen LogP contribution in [0.3, 0.4) is 0 Å². The van der Waals surface area contributed by atoms with Crippen molar-refractivity contribution < 1.29 is 9.53 Å². The first kappa shape index (κ1) is 24.0. The molecule has 0 aliphatic carbocycles. The van der Waals surface area contributed by atoms with Crippen molar-refractivity contribution in [2.45, 2.75) is 45.2 Å². The number of likely N-dealkylation sites (tertiary alicyclic amines) is 1. The van der Waals surface area contributed by atoms with Crippen molar-refractivity contribution in [1.29, 1.82) is 0 Å². The molecule has 1 saturated heterocycles. The Balaban J connectivity index is 1.45. The monoisotopic (exact) mass is 487 g/mol. The van der Waals surface area contributed by atoms with Gasteiger partial charge in [-0.15, -0.1) is 0 Å². The lowest BCUT2D eigenvalue weighted by Gasteiger charge is -2.40. The molecule has 36 heavy (non-hydrogen) atoms. The number of amides is 1. The minimum atomic E-state index is -0.00989. The maximum atomic E-state index is 12.9. The standard InChI is InChI=1S/C27H33N7O2/c1-16(2)23-24(30-31-25(23)20-13-22(36-6)26-28-15-29-34(26)14-20)19-9-7-18(8-10-19)17(3)33(5)27(35)21-11-12-32(21)4/h7-10,13-17,21H,11-12H2,1-6H3,(H,30,31)/t17-,21-/m0/s1. The lowest BCUT2D eigenvalue weighted by Crippen LogP contribution is -2.54. The third kappa shape index (κ3) is 4.03. The van der Waals surface area contributed by atoms with Gasteiger partial charge >= 0.3 is 0 Å². The second-order valence-corrected chi connectivity index (χ2v) is 9.87. The van der Waals surface area contributed by atoms with Crippen LogP contribution in [0.1, 0.15) is 50.3 Å². The van der Waals surface area contributed by atoms with Crippen molar-refractivity contribution in [2.75, 3.05) is 27.7 Å². The van der Waals surface area contributed by atoms with E-state index in [9.17, 15) is 4.79 Å². The highest BCUT2D eigenvalue weighted by atomic mass is 16.5. The number of benzene rings is 1. The Morgan fingerprint density at radius 3 is 2.56 bits per heavy atom. The van der Waals surface area contributed by atoms with Gasteiger partial charge in [-0.1, -0.05) is 38.1 Å². The van der Waals surface area contributed by atoms with Crippen LogP contribution >= 0.6 is 0 Å². The molecular weight excluding hydrogens is 454 g/mol. The number of methoxy groups -OCH3 is 1. The van der Waals surface area contributed by atoms with Gasteiger partial charge in [0.2, 0.25) is 5.91 Å². The number of rotatable bonds is 7. The minimum Gasteiger partial charge on any atom is -0.493 e. The molecule has 0 radical (unpaired) electrons. The van der Waals surface area contributed by atoms with Crippen LogP contribution in [0.15, 0.2) is 42.9 Å². The summed E-state index contributed by atoms with van der Waals surface area (Å²) in [7, 11) is 5.53. The summed E-state index contributed by atoms with van der Waals surface area (Å²) in [6, 6.07) is 10.3. The van der Waals surface area contributed by atoms with Gasteiger partial charge in [0.25, 0.3) is 0 Å². The number of aromatic nitrogens is 5. The Kier molecular flexibility index (Phi) is 6.26. The number of nitrogens with zero attached hydrogens (tertiary/aromatic N) is 6. The molecule has 1 N–H and O–H groups in total.